The average Bonchev–Trinajstić information content (AvgIpc) is 3.33. The van der Waals surface area contributed by atoms with Crippen molar-refractivity contribution in [1.82, 2.24) is 25.7 Å². The molecule has 4 rings (SSSR count). The number of rotatable bonds is 5. The van der Waals surface area contributed by atoms with Crippen molar-refractivity contribution in [1.29, 1.82) is 0 Å². The summed E-state index contributed by atoms with van der Waals surface area (Å²) in [5.74, 6) is -0.263. The van der Waals surface area contributed by atoms with E-state index in [4.69, 9.17) is 0 Å². The maximum atomic E-state index is 13.1. The number of carbonyl (C=O) groups is 2. The molecular formula is C19H25N5O2S. The molecule has 2 aliphatic rings. The summed E-state index contributed by atoms with van der Waals surface area (Å²) < 4.78 is 0. The summed E-state index contributed by atoms with van der Waals surface area (Å²) in [6, 6.07) is 1.59. The highest BCUT2D eigenvalue weighted by atomic mass is 32.1. The quantitative estimate of drug-likeness (QED) is 0.727. The number of aromatic nitrogens is 2. The maximum absolute atomic E-state index is 13.1. The van der Waals surface area contributed by atoms with E-state index < -0.39 is 6.04 Å². The van der Waals surface area contributed by atoms with Crippen LogP contribution in [-0.4, -0.2) is 46.0 Å². The van der Waals surface area contributed by atoms with E-state index in [0.717, 1.165) is 37.1 Å². The Morgan fingerprint density at radius 2 is 2.30 bits per heavy atom. The lowest BCUT2D eigenvalue weighted by molar-refractivity contribution is -0.134. The second kappa shape index (κ2) is 7.82. The molecule has 144 valence electrons. The summed E-state index contributed by atoms with van der Waals surface area (Å²) in [5, 5.41) is 15.5. The first-order chi connectivity index (χ1) is 13.2. The van der Waals surface area contributed by atoms with Gasteiger partial charge in [0.1, 0.15) is 6.04 Å². The zero-order valence-corrected chi connectivity index (χ0v) is 16.3. The van der Waals surface area contributed by atoms with E-state index in [1.807, 2.05) is 11.8 Å². The largest absolute Gasteiger partial charge is 0.339 e. The van der Waals surface area contributed by atoms with Crippen molar-refractivity contribution in [2.75, 3.05) is 13.1 Å². The molecule has 1 unspecified atom stereocenters. The van der Waals surface area contributed by atoms with Crippen LogP contribution in [0.1, 0.15) is 52.0 Å². The van der Waals surface area contributed by atoms with Crippen molar-refractivity contribution in [3.8, 4) is 0 Å². The molecule has 0 aromatic carbocycles. The number of nitrogens with one attached hydrogen (secondary N) is 3. The van der Waals surface area contributed by atoms with E-state index in [-0.39, 0.29) is 11.8 Å². The summed E-state index contributed by atoms with van der Waals surface area (Å²) in [7, 11) is 0. The van der Waals surface area contributed by atoms with Crippen LogP contribution in [0.4, 0.5) is 0 Å². The number of thiophene rings is 1. The zero-order chi connectivity index (χ0) is 18.8. The van der Waals surface area contributed by atoms with Crippen LogP contribution < -0.4 is 10.6 Å². The Bertz CT molecular complexity index is 843. The first-order valence-corrected chi connectivity index (χ1v) is 10.5. The van der Waals surface area contributed by atoms with Crippen LogP contribution in [0.3, 0.4) is 0 Å². The summed E-state index contributed by atoms with van der Waals surface area (Å²) in [6.07, 6.45) is 3.19. The van der Waals surface area contributed by atoms with Crippen LogP contribution >= 0.6 is 11.3 Å². The van der Waals surface area contributed by atoms with E-state index in [1.165, 1.54) is 10.4 Å². The molecule has 0 aliphatic carbocycles. The normalized spacial score (nSPS) is 17.1. The van der Waals surface area contributed by atoms with E-state index in [9.17, 15) is 9.59 Å². The highest BCUT2D eigenvalue weighted by Crippen LogP contribution is 2.25. The Morgan fingerprint density at radius 1 is 1.41 bits per heavy atom. The fourth-order valence-electron chi connectivity index (χ4n) is 3.84. The van der Waals surface area contributed by atoms with E-state index >= 15 is 0 Å². The van der Waals surface area contributed by atoms with Gasteiger partial charge in [-0.2, -0.15) is 5.10 Å². The number of nitrogens with zero attached hydrogens (tertiary/aromatic N) is 2. The van der Waals surface area contributed by atoms with Gasteiger partial charge in [0.25, 0.3) is 5.91 Å². The molecule has 0 spiro atoms. The van der Waals surface area contributed by atoms with Gasteiger partial charge in [0.15, 0.2) is 5.69 Å². The molecule has 3 N–H and O–H groups in total. The van der Waals surface area contributed by atoms with Gasteiger partial charge >= 0.3 is 0 Å². The molecule has 8 heteroatoms. The highest BCUT2D eigenvalue weighted by molar-refractivity contribution is 7.10. The minimum atomic E-state index is -0.508. The number of amides is 2. The van der Waals surface area contributed by atoms with Gasteiger partial charge in [-0.25, -0.2) is 0 Å². The van der Waals surface area contributed by atoms with Crippen molar-refractivity contribution in [3.05, 3.63) is 38.8 Å². The Balaban J connectivity index is 1.47. The molecule has 2 aromatic heterocycles. The third kappa shape index (κ3) is 3.64. The summed E-state index contributed by atoms with van der Waals surface area (Å²) in [6.45, 7) is 4.89. The van der Waals surface area contributed by atoms with Gasteiger partial charge in [-0.3, -0.25) is 14.7 Å². The van der Waals surface area contributed by atoms with Crippen LogP contribution in [0.2, 0.25) is 0 Å². The first-order valence-electron chi connectivity index (χ1n) is 9.59. The third-order valence-corrected chi connectivity index (χ3v) is 6.34. The van der Waals surface area contributed by atoms with Crippen molar-refractivity contribution < 1.29 is 9.59 Å². The van der Waals surface area contributed by atoms with Crippen molar-refractivity contribution in [2.24, 2.45) is 0 Å². The van der Waals surface area contributed by atoms with Gasteiger partial charge in [-0.05, 0) is 29.9 Å². The first kappa shape index (κ1) is 18.2. The molecule has 2 aliphatic heterocycles. The predicted octanol–water partition coefficient (Wildman–Crippen LogP) is 1.60. The monoisotopic (exact) mass is 387 g/mol. The van der Waals surface area contributed by atoms with Gasteiger partial charge in [-0.15, -0.1) is 11.3 Å². The lowest BCUT2D eigenvalue weighted by Gasteiger charge is -2.30. The van der Waals surface area contributed by atoms with Crippen LogP contribution in [0, 0.1) is 0 Å². The number of fused-ring (bicyclic) bond motifs is 2. The standard InChI is InChI=1S/C19H25N5O2S/c1-2-3-15(19(26)24-8-5-16-12(11-24)6-9-27-16)21-18(25)17-13-10-20-7-4-14(13)22-23-17/h6,9,15,20H,2-5,7-8,10-11H2,1H3,(H,21,25)(H,22,23). The molecule has 7 nitrogen and oxygen atoms in total. The Kier molecular flexibility index (Phi) is 5.27. The smallest absolute Gasteiger partial charge is 0.272 e. The highest BCUT2D eigenvalue weighted by Gasteiger charge is 2.30. The fourth-order valence-corrected chi connectivity index (χ4v) is 4.73. The van der Waals surface area contributed by atoms with Gasteiger partial charge in [0.2, 0.25) is 5.91 Å². The summed E-state index contributed by atoms with van der Waals surface area (Å²) in [5.41, 5.74) is 3.57. The SMILES string of the molecule is CCCC(NC(=O)c1n[nH]c2c1CNCC2)C(=O)N1CCc2sccc2C1. The van der Waals surface area contributed by atoms with E-state index in [2.05, 4.69) is 32.3 Å². The second-order valence-corrected chi connectivity index (χ2v) is 8.15. The molecule has 2 amide bonds. The second-order valence-electron chi connectivity index (χ2n) is 7.15. The Labute approximate surface area is 162 Å². The minimum absolute atomic E-state index is 0.00424. The number of hydrogen-bond acceptors (Lipinski definition) is 5. The predicted molar refractivity (Wildman–Crippen MR) is 104 cm³/mol. The zero-order valence-electron chi connectivity index (χ0n) is 15.5. The van der Waals surface area contributed by atoms with Crippen molar-refractivity contribution in [2.45, 2.75) is 51.7 Å². The molecule has 4 heterocycles. The van der Waals surface area contributed by atoms with Gasteiger partial charge in [0, 0.05) is 48.7 Å². The maximum Gasteiger partial charge on any atom is 0.272 e. The molecule has 2 aromatic rings. The molecule has 0 saturated heterocycles. The molecule has 0 saturated carbocycles. The minimum Gasteiger partial charge on any atom is -0.339 e. The lowest BCUT2D eigenvalue weighted by atomic mass is 10.0. The molecule has 0 bridgehead atoms. The van der Waals surface area contributed by atoms with E-state index in [1.54, 1.807) is 11.3 Å². The van der Waals surface area contributed by atoms with Crippen LogP contribution in [0.25, 0.3) is 0 Å². The Morgan fingerprint density at radius 3 is 3.15 bits per heavy atom. The molecule has 0 radical (unpaired) electrons. The van der Waals surface area contributed by atoms with Gasteiger partial charge < -0.3 is 15.5 Å². The molecule has 27 heavy (non-hydrogen) atoms. The van der Waals surface area contributed by atoms with Crippen molar-refractivity contribution in [3.63, 3.8) is 0 Å². The molecular weight excluding hydrogens is 362 g/mol. The van der Waals surface area contributed by atoms with Crippen LogP contribution in [-0.2, 0) is 30.7 Å². The summed E-state index contributed by atoms with van der Waals surface area (Å²) in [4.78, 5) is 29.1. The Hall–Kier alpha value is -2.19. The van der Waals surface area contributed by atoms with Gasteiger partial charge in [0.05, 0.1) is 0 Å². The number of carbonyl (C=O) groups excluding carboxylic acids is 2. The topological polar surface area (TPSA) is 90.1 Å². The number of aromatic amines is 1. The van der Waals surface area contributed by atoms with Crippen LogP contribution in [0.15, 0.2) is 11.4 Å². The van der Waals surface area contributed by atoms with Crippen molar-refractivity contribution >= 4 is 23.2 Å². The van der Waals surface area contributed by atoms with E-state index in [0.29, 0.717) is 31.7 Å². The third-order valence-electron chi connectivity index (χ3n) is 5.32. The molecule has 1 atom stereocenters. The number of hydrogen-bond donors (Lipinski definition) is 3. The van der Waals surface area contributed by atoms with Crippen LogP contribution in [0.5, 0.6) is 0 Å². The average molecular weight is 388 g/mol. The number of H-pyrrole nitrogens is 1. The summed E-state index contributed by atoms with van der Waals surface area (Å²) >= 11 is 1.75. The van der Waals surface area contributed by atoms with Gasteiger partial charge in [-0.1, -0.05) is 13.3 Å². The lowest BCUT2D eigenvalue weighted by Crippen LogP contribution is -2.49. The molecule has 0 fully saturated rings. The fraction of sp³-hybridized carbons (Fsp3) is 0.526.